The minimum atomic E-state index is -1.87. The highest BCUT2D eigenvalue weighted by atomic mass is 16.4. The molecule has 0 amide bonds. The molecule has 0 fully saturated rings. The van der Waals surface area contributed by atoms with Crippen LogP contribution in [0.1, 0.15) is 32.1 Å². The van der Waals surface area contributed by atoms with Crippen molar-refractivity contribution in [2.24, 2.45) is 0 Å². The number of rotatable bonds is 6. The third kappa shape index (κ3) is 4.03. The van der Waals surface area contributed by atoms with Crippen molar-refractivity contribution in [3.8, 4) is 12.3 Å². The van der Waals surface area contributed by atoms with Gasteiger partial charge < -0.3 is 15.3 Å². The molecule has 0 spiro atoms. The molecule has 1 aliphatic rings. The summed E-state index contributed by atoms with van der Waals surface area (Å²) in [4.78, 5) is 11.6. The molecule has 0 bridgehead atoms. The highest BCUT2D eigenvalue weighted by Crippen LogP contribution is 2.27. The van der Waals surface area contributed by atoms with Gasteiger partial charge in [0, 0.05) is 6.42 Å². The quantitative estimate of drug-likeness (QED) is 0.375. The van der Waals surface area contributed by atoms with Crippen LogP contribution in [0.5, 0.6) is 0 Å². The van der Waals surface area contributed by atoms with Crippen LogP contribution in [0.15, 0.2) is 24.3 Å². The van der Waals surface area contributed by atoms with Gasteiger partial charge in [0.05, 0.1) is 0 Å². The third-order valence-electron chi connectivity index (χ3n) is 3.23. The first-order valence-electron chi connectivity index (χ1n) is 6.42. The van der Waals surface area contributed by atoms with Crippen LogP contribution >= 0.6 is 0 Å². The van der Waals surface area contributed by atoms with E-state index in [0.29, 0.717) is 19.3 Å². The Bertz CT molecular complexity index is 405. The van der Waals surface area contributed by atoms with Crippen molar-refractivity contribution < 1.29 is 20.1 Å². The fourth-order valence-electron chi connectivity index (χ4n) is 2.03. The molecule has 1 aliphatic carbocycles. The Morgan fingerprint density at radius 3 is 2.74 bits per heavy atom. The summed E-state index contributed by atoms with van der Waals surface area (Å²) in [6.07, 6.45) is 11.5. The molecule has 0 aromatic rings. The standard InChI is InChI=1S/C15H20O4/c1-2-3-4-5-6-7-8-11-15(19)13(17)10-9-12(16)14(15)18/h1,5-6,9-10,12,14,16,18-19H,3-4,7-8,11H2/b6-5-/t12-,14+,15-/m0/s1. The largest absolute Gasteiger partial charge is 0.387 e. The Balaban J connectivity index is 2.43. The van der Waals surface area contributed by atoms with E-state index in [1.54, 1.807) is 0 Å². The molecule has 0 aromatic carbocycles. The number of carbonyl (C=O) groups is 1. The van der Waals surface area contributed by atoms with E-state index in [1.807, 2.05) is 12.2 Å². The molecule has 0 heterocycles. The Kier molecular flexibility index (Phi) is 5.97. The Morgan fingerprint density at radius 1 is 1.37 bits per heavy atom. The van der Waals surface area contributed by atoms with Crippen LogP contribution in [0.2, 0.25) is 0 Å². The molecule has 19 heavy (non-hydrogen) atoms. The number of unbranched alkanes of at least 4 members (excludes halogenated alkanes) is 2. The second-order valence-electron chi connectivity index (χ2n) is 4.69. The maximum atomic E-state index is 11.6. The molecule has 0 radical (unpaired) electrons. The van der Waals surface area contributed by atoms with Gasteiger partial charge in [-0.2, -0.15) is 0 Å². The maximum absolute atomic E-state index is 11.6. The van der Waals surface area contributed by atoms with Gasteiger partial charge in [0.15, 0.2) is 11.4 Å². The van der Waals surface area contributed by atoms with Crippen molar-refractivity contribution in [1.82, 2.24) is 0 Å². The van der Waals surface area contributed by atoms with E-state index in [2.05, 4.69) is 5.92 Å². The average molecular weight is 264 g/mol. The highest BCUT2D eigenvalue weighted by Gasteiger charge is 2.46. The third-order valence-corrected chi connectivity index (χ3v) is 3.23. The van der Waals surface area contributed by atoms with Crippen molar-refractivity contribution in [3.63, 3.8) is 0 Å². The summed E-state index contributed by atoms with van der Waals surface area (Å²) in [5.41, 5.74) is -1.87. The fraction of sp³-hybridized carbons (Fsp3) is 0.533. The van der Waals surface area contributed by atoms with Gasteiger partial charge in [0.25, 0.3) is 0 Å². The summed E-state index contributed by atoms with van der Waals surface area (Å²) in [5, 5.41) is 29.3. The average Bonchev–Trinajstić information content (AvgIpc) is 2.40. The van der Waals surface area contributed by atoms with Crippen molar-refractivity contribution >= 4 is 5.78 Å². The minimum Gasteiger partial charge on any atom is -0.387 e. The van der Waals surface area contributed by atoms with Crippen molar-refractivity contribution in [1.29, 1.82) is 0 Å². The van der Waals surface area contributed by atoms with Gasteiger partial charge >= 0.3 is 0 Å². The molecule has 0 saturated carbocycles. The SMILES string of the molecule is C#CCC/C=C\CCC[C@]1(O)C(=O)C=C[C@H](O)[C@H]1O. The molecule has 4 nitrogen and oxygen atoms in total. The lowest BCUT2D eigenvalue weighted by Crippen LogP contribution is -2.56. The molecular weight excluding hydrogens is 244 g/mol. The Hall–Kier alpha value is -1.41. The number of ketones is 1. The summed E-state index contributed by atoms with van der Waals surface area (Å²) in [6, 6.07) is 0. The summed E-state index contributed by atoms with van der Waals surface area (Å²) in [6.45, 7) is 0. The Labute approximate surface area is 113 Å². The molecule has 104 valence electrons. The number of allylic oxidation sites excluding steroid dienone is 2. The monoisotopic (exact) mass is 264 g/mol. The lowest BCUT2D eigenvalue weighted by molar-refractivity contribution is -0.158. The van der Waals surface area contributed by atoms with E-state index in [-0.39, 0.29) is 6.42 Å². The van der Waals surface area contributed by atoms with Gasteiger partial charge in [-0.1, -0.05) is 12.2 Å². The van der Waals surface area contributed by atoms with Crippen LogP contribution in [-0.2, 0) is 4.79 Å². The second kappa shape index (κ2) is 7.25. The van der Waals surface area contributed by atoms with E-state index in [1.165, 1.54) is 6.08 Å². The maximum Gasteiger partial charge on any atom is 0.189 e. The molecule has 0 aliphatic heterocycles. The number of hydrogen-bond acceptors (Lipinski definition) is 4. The molecule has 0 aromatic heterocycles. The summed E-state index contributed by atoms with van der Waals surface area (Å²) < 4.78 is 0. The number of aliphatic hydroxyl groups excluding tert-OH is 2. The topological polar surface area (TPSA) is 77.8 Å². The molecule has 4 heteroatoms. The molecule has 1 rings (SSSR count). The summed E-state index contributed by atoms with van der Waals surface area (Å²) >= 11 is 0. The van der Waals surface area contributed by atoms with Gasteiger partial charge in [-0.25, -0.2) is 0 Å². The van der Waals surface area contributed by atoms with Crippen LogP contribution < -0.4 is 0 Å². The minimum absolute atomic E-state index is 0.119. The lowest BCUT2D eigenvalue weighted by Gasteiger charge is -2.35. The molecule has 3 N–H and O–H groups in total. The second-order valence-corrected chi connectivity index (χ2v) is 4.69. The van der Waals surface area contributed by atoms with Gasteiger partial charge in [-0.05, 0) is 37.8 Å². The van der Waals surface area contributed by atoms with E-state index in [4.69, 9.17) is 6.42 Å². The molecular formula is C15H20O4. The molecule has 0 unspecified atom stereocenters. The first-order valence-corrected chi connectivity index (χ1v) is 6.42. The van der Waals surface area contributed by atoms with Crippen LogP contribution in [0.3, 0.4) is 0 Å². The zero-order valence-corrected chi connectivity index (χ0v) is 10.8. The van der Waals surface area contributed by atoms with Crippen molar-refractivity contribution in [2.75, 3.05) is 0 Å². The summed E-state index contributed by atoms with van der Waals surface area (Å²) in [5.74, 6) is 1.97. The van der Waals surface area contributed by atoms with Crippen LogP contribution in [0.4, 0.5) is 0 Å². The molecule has 3 atom stereocenters. The fourth-order valence-corrected chi connectivity index (χ4v) is 2.03. The highest BCUT2D eigenvalue weighted by molar-refractivity contribution is 5.98. The predicted octanol–water partition coefficient (Wildman–Crippen LogP) is 0.718. The normalized spacial score (nSPS) is 30.7. The van der Waals surface area contributed by atoms with E-state index < -0.39 is 23.6 Å². The predicted molar refractivity (Wildman–Crippen MR) is 72.2 cm³/mol. The van der Waals surface area contributed by atoms with E-state index in [0.717, 1.165) is 12.5 Å². The van der Waals surface area contributed by atoms with Gasteiger partial charge in [0.1, 0.15) is 12.2 Å². The zero-order chi connectivity index (χ0) is 14.3. The Morgan fingerprint density at radius 2 is 2.05 bits per heavy atom. The number of hydrogen-bond donors (Lipinski definition) is 3. The lowest BCUT2D eigenvalue weighted by atomic mass is 9.80. The summed E-state index contributed by atoms with van der Waals surface area (Å²) in [7, 11) is 0. The van der Waals surface area contributed by atoms with E-state index in [9.17, 15) is 20.1 Å². The van der Waals surface area contributed by atoms with Gasteiger partial charge in [0.2, 0.25) is 0 Å². The zero-order valence-electron chi connectivity index (χ0n) is 10.8. The van der Waals surface area contributed by atoms with Crippen LogP contribution in [-0.4, -0.2) is 38.9 Å². The van der Waals surface area contributed by atoms with Crippen LogP contribution in [0, 0.1) is 12.3 Å². The number of aliphatic hydroxyl groups is 3. The van der Waals surface area contributed by atoms with Crippen molar-refractivity contribution in [3.05, 3.63) is 24.3 Å². The number of carbonyl (C=O) groups excluding carboxylic acids is 1. The first-order chi connectivity index (χ1) is 9.02. The number of terminal acetylenes is 1. The smallest absolute Gasteiger partial charge is 0.189 e. The van der Waals surface area contributed by atoms with Gasteiger partial charge in [-0.15, -0.1) is 12.3 Å². The van der Waals surface area contributed by atoms with Crippen LogP contribution in [0.25, 0.3) is 0 Å². The molecule has 0 saturated heterocycles. The van der Waals surface area contributed by atoms with Crippen molar-refractivity contribution in [2.45, 2.75) is 49.9 Å². The first kappa shape index (κ1) is 15.6. The van der Waals surface area contributed by atoms with E-state index >= 15 is 0 Å². The van der Waals surface area contributed by atoms with Gasteiger partial charge in [-0.3, -0.25) is 4.79 Å².